The standard InChI is InChI=1S/C18H20FN3O.C4H4O4/c19-16-7-3-1-5-14(16)15-6-2-4-8-17(15)21-18(20)22-11-9-13(23)10-12-22;5-3(6)1-2-4(7)8/h1-8,13,23H,9-12H2,(H2,20,21);1-2H,(H,5,6)(H,7,8)/b;2-1+. The van der Waals surface area contributed by atoms with E-state index in [1.54, 1.807) is 18.2 Å². The highest BCUT2D eigenvalue weighted by Crippen LogP contribution is 2.32. The molecular formula is C22H24FN3O5. The van der Waals surface area contributed by atoms with Gasteiger partial charge in [0.15, 0.2) is 5.96 Å². The minimum Gasteiger partial charge on any atom is -0.478 e. The highest BCUT2D eigenvalue weighted by molar-refractivity contribution is 5.89. The van der Waals surface area contributed by atoms with Gasteiger partial charge in [-0.05, 0) is 25.0 Å². The van der Waals surface area contributed by atoms with E-state index < -0.39 is 11.9 Å². The molecule has 5 N–H and O–H groups in total. The van der Waals surface area contributed by atoms with Crippen molar-refractivity contribution in [2.45, 2.75) is 18.9 Å². The number of aliphatic hydroxyl groups excluding tert-OH is 1. The van der Waals surface area contributed by atoms with Gasteiger partial charge in [-0.2, -0.15) is 0 Å². The maximum Gasteiger partial charge on any atom is 0.328 e. The second kappa shape index (κ2) is 11.5. The zero-order valence-electron chi connectivity index (χ0n) is 16.7. The number of aliphatic carboxylic acids is 2. The number of hydrogen-bond donors (Lipinski definition) is 4. The summed E-state index contributed by atoms with van der Waals surface area (Å²) in [6.07, 6.45) is 2.23. The van der Waals surface area contributed by atoms with Crippen molar-refractivity contribution in [3.63, 3.8) is 0 Å². The minimum absolute atomic E-state index is 0.259. The molecule has 0 atom stereocenters. The average Bonchev–Trinajstić information content (AvgIpc) is 2.74. The highest BCUT2D eigenvalue weighted by Gasteiger charge is 2.18. The van der Waals surface area contributed by atoms with Crippen LogP contribution in [-0.2, 0) is 9.59 Å². The number of rotatable bonds is 4. The molecule has 1 fully saturated rings. The van der Waals surface area contributed by atoms with Crippen LogP contribution in [-0.4, -0.2) is 57.3 Å². The Morgan fingerprint density at radius 2 is 1.48 bits per heavy atom. The summed E-state index contributed by atoms with van der Waals surface area (Å²) in [5, 5.41) is 25.2. The predicted molar refractivity (Wildman–Crippen MR) is 114 cm³/mol. The number of guanidine groups is 1. The largest absolute Gasteiger partial charge is 0.478 e. The van der Waals surface area contributed by atoms with Crippen molar-refractivity contribution in [3.05, 3.63) is 66.5 Å². The van der Waals surface area contributed by atoms with Crippen LogP contribution in [0.4, 0.5) is 10.1 Å². The van der Waals surface area contributed by atoms with Crippen molar-refractivity contribution in [2.75, 3.05) is 13.1 Å². The molecule has 3 rings (SSSR count). The molecule has 31 heavy (non-hydrogen) atoms. The van der Waals surface area contributed by atoms with Gasteiger partial charge in [-0.3, -0.25) is 0 Å². The number of benzene rings is 2. The number of halogens is 1. The Morgan fingerprint density at radius 3 is 2.03 bits per heavy atom. The van der Waals surface area contributed by atoms with Gasteiger partial charge in [0.05, 0.1) is 11.8 Å². The first-order valence-electron chi connectivity index (χ1n) is 9.53. The molecular weight excluding hydrogens is 405 g/mol. The number of nitrogens with two attached hydrogens (primary N) is 1. The Morgan fingerprint density at radius 1 is 0.968 bits per heavy atom. The van der Waals surface area contributed by atoms with Crippen LogP contribution in [0.1, 0.15) is 12.8 Å². The SMILES string of the molecule is NC(=Nc1ccccc1-c1ccccc1F)N1CCC(O)CC1.O=C(O)/C=C/C(=O)O. The monoisotopic (exact) mass is 429 g/mol. The molecule has 2 aromatic rings. The van der Waals surface area contributed by atoms with Crippen molar-refractivity contribution >= 4 is 23.6 Å². The predicted octanol–water partition coefficient (Wildman–Crippen LogP) is 2.61. The first-order valence-corrected chi connectivity index (χ1v) is 9.53. The average molecular weight is 429 g/mol. The fourth-order valence-corrected chi connectivity index (χ4v) is 2.91. The molecule has 1 saturated heterocycles. The van der Waals surface area contributed by atoms with Crippen molar-refractivity contribution in [3.8, 4) is 11.1 Å². The highest BCUT2D eigenvalue weighted by atomic mass is 19.1. The molecule has 0 radical (unpaired) electrons. The summed E-state index contributed by atoms with van der Waals surface area (Å²) < 4.78 is 14.1. The topological polar surface area (TPSA) is 136 Å². The van der Waals surface area contributed by atoms with Crippen LogP contribution < -0.4 is 5.73 Å². The summed E-state index contributed by atoms with van der Waals surface area (Å²) in [6, 6.07) is 14.0. The molecule has 9 heteroatoms. The first kappa shape index (κ1) is 23.6. The van der Waals surface area contributed by atoms with Crippen molar-refractivity contribution in [2.24, 2.45) is 10.7 Å². The maximum atomic E-state index is 14.1. The maximum absolute atomic E-state index is 14.1. The second-order valence-corrected chi connectivity index (χ2v) is 6.70. The van der Waals surface area contributed by atoms with Gasteiger partial charge in [0.1, 0.15) is 5.82 Å². The lowest BCUT2D eigenvalue weighted by molar-refractivity contribution is -0.134. The van der Waals surface area contributed by atoms with Crippen LogP contribution in [0.2, 0.25) is 0 Å². The van der Waals surface area contributed by atoms with E-state index in [-0.39, 0.29) is 11.9 Å². The van der Waals surface area contributed by atoms with Gasteiger partial charge in [-0.1, -0.05) is 36.4 Å². The third-order valence-corrected chi connectivity index (χ3v) is 4.46. The molecule has 1 aliphatic heterocycles. The summed E-state index contributed by atoms with van der Waals surface area (Å²) in [4.78, 5) is 25.6. The fourth-order valence-electron chi connectivity index (χ4n) is 2.91. The van der Waals surface area contributed by atoms with Crippen LogP contribution in [0.5, 0.6) is 0 Å². The third kappa shape index (κ3) is 7.56. The Bertz CT molecular complexity index is 953. The lowest BCUT2D eigenvalue weighted by Gasteiger charge is -2.30. The summed E-state index contributed by atoms with van der Waals surface area (Å²) in [5.41, 5.74) is 7.97. The first-order chi connectivity index (χ1) is 14.8. The number of nitrogens with zero attached hydrogens (tertiary/aromatic N) is 2. The Kier molecular flexibility index (Phi) is 8.71. The number of aliphatic imine (C=N–C) groups is 1. The normalized spacial score (nSPS) is 14.8. The molecule has 164 valence electrons. The molecule has 0 aliphatic carbocycles. The lowest BCUT2D eigenvalue weighted by atomic mass is 10.0. The molecule has 0 bridgehead atoms. The molecule has 1 aliphatic rings. The van der Waals surface area contributed by atoms with Crippen molar-refractivity contribution < 1.29 is 29.3 Å². The number of para-hydroxylation sites is 1. The van der Waals surface area contributed by atoms with Crippen LogP contribution in [0.25, 0.3) is 11.1 Å². The number of carboxylic acid groups (broad SMARTS) is 2. The molecule has 2 aromatic carbocycles. The van der Waals surface area contributed by atoms with Crippen molar-refractivity contribution in [1.82, 2.24) is 4.90 Å². The zero-order valence-corrected chi connectivity index (χ0v) is 16.7. The van der Waals surface area contributed by atoms with E-state index in [4.69, 9.17) is 15.9 Å². The van der Waals surface area contributed by atoms with Gasteiger partial charge in [-0.25, -0.2) is 19.0 Å². The van der Waals surface area contributed by atoms with E-state index in [9.17, 15) is 19.1 Å². The van der Waals surface area contributed by atoms with Gasteiger partial charge in [-0.15, -0.1) is 0 Å². The number of piperidine rings is 1. The van der Waals surface area contributed by atoms with E-state index in [0.717, 1.165) is 0 Å². The Hall–Kier alpha value is -3.72. The van der Waals surface area contributed by atoms with E-state index in [0.29, 0.717) is 60.9 Å². The smallest absolute Gasteiger partial charge is 0.328 e. The second-order valence-electron chi connectivity index (χ2n) is 6.70. The quantitative estimate of drug-likeness (QED) is 0.333. The van der Waals surface area contributed by atoms with Crippen LogP contribution in [0, 0.1) is 5.82 Å². The van der Waals surface area contributed by atoms with E-state index >= 15 is 0 Å². The summed E-state index contributed by atoms with van der Waals surface area (Å²) in [6.45, 7) is 1.36. The molecule has 1 heterocycles. The molecule has 0 spiro atoms. The molecule has 0 aromatic heterocycles. The summed E-state index contributed by atoms with van der Waals surface area (Å²) in [5.74, 6) is -2.39. The summed E-state index contributed by atoms with van der Waals surface area (Å²) in [7, 11) is 0. The number of hydrogen-bond acceptors (Lipinski definition) is 4. The third-order valence-electron chi connectivity index (χ3n) is 4.46. The van der Waals surface area contributed by atoms with Crippen LogP contribution >= 0.6 is 0 Å². The van der Waals surface area contributed by atoms with Crippen LogP contribution in [0.3, 0.4) is 0 Å². The summed E-state index contributed by atoms with van der Waals surface area (Å²) >= 11 is 0. The van der Waals surface area contributed by atoms with Gasteiger partial charge >= 0.3 is 11.9 Å². The molecule has 0 unspecified atom stereocenters. The Balaban J connectivity index is 0.000000366. The van der Waals surface area contributed by atoms with Gasteiger partial charge in [0.25, 0.3) is 0 Å². The van der Waals surface area contributed by atoms with E-state index in [1.165, 1.54) is 6.07 Å². The Labute approximate surface area is 178 Å². The van der Waals surface area contributed by atoms with Gasteiger partial charge in [0.2, 0.25) is 0 Å². The molecule has 0 saturated carbocycles. The van der Waals surface area contributed by atoms with Crippen molar-refractivity contribution in [1.29, 1.82) is 0 Å². The van der Waals surface area contributed by atoms with Gasteiger partial charge in [0, 0.05) is 36.4 Å². The number of carboxylic acids is 2. The van der Waals surface area contributed by atoms with E-state index in [2.05, 4.69) is 4.99 Å². The van der Waals surface area contributed by atoms with Gasteiger partial charge < -0.3 is 26.0 Å². The number of likely N-dealkylation sites (tertiary alicyclic amines) is 1. The number of carbonyl (C=O) groups is 2. The lowest BCUT2D eigenvalue weighted by Crippen LogP contribution is -2.43. The van der Waals surface area contributed by atoms with E-state index in [1.807, 2.05) is 29.2 Å². The number of aliphatic hydroxyl groups is 1. The minimum atomic E-state index is -1.26. The van der Waals surface area contributed by atoms with Crippen LogP contribution in [0.15, 0.2) is 65.7 Å². The molecule has 8 nitrogen and oxygen atoms in total. The fraction of sp³-hybridized carbons (Fsp3) is 0.227. The molecule has 0 amide bonds. The zero-order chi connectivity index (χ0) is 22.8.